The van der Waals surface area contributed by atoms with Gasteiger partial charge in [-0.05, 0) is 43.4 Å². The van der Waals surface area contributed by atoms with Crippen molar-refractivity contribution in [2.45, 2.75) is 32.2 Å². The highest BCUT2D eigenvalue weighted by Gasteiger charge is 2.23. The Bertz CT molecular complexity index is 809. The fourth-order valence-electron chi connectivity index (χ4n) is 2.96. The van der Waals surface area contributed by atoms with Gasteiger partial charge < -0.3 is 10.6 Å². The Labute approximate surface area is 150 Å². The van der Waals surface area contributed by atoms with Crippen molar-refractivity contribution in [3.8, 4) is 6.07 Å². The maximum Gasteiger partial charge on any atom is 0.238 e. The number of benzene rings is 1. The number of hydrogen-bond acceptors (Lipinski definition) is 4. The van der Waals surface area contributed by atoms with E-state index in [1.807, 2.05) is 31.2 Å². The summed E-state index contributed by atoms with van der Waals surface area (Å²) < 4.78 is 0. The number of thiophene rings is 1. The van der Waals surface area contributed by atoms with Gasteiger partial charge in [0.1, 0.15) is 11.1 Å². The number of carbonyl (C=O) groups is 1. The van der Waals surface area contributed by atoms with Crippen molar-refractivity contribution in [2.75, 3.05) is 11.9 Å². The zero-order valence-corrected chi connectivity index (χ0v) is 14.9. The second-order valence-electron chi connectivity index (χ2n) is 5.85. The molecule has 0 saturated heterocycles. The Morgan fingerprint density at radius 2 is 2.21 bits per heavy atom. The predicted molar refractivity (Wildman–Crippen MR) is 97.6 cm³/mol. The van der Waals surface area contributed by atoms with E-state index in [-0.39, 0.29) is 18.5 Å². The van der Waals surface area contributed by atoms with Crippen LogP contribution < -0.4 is 10.6 Å². The molecule has 1 atom stereocenters. The van der Waals surface area contributed by atoms with Crippen molar-refractivity contribution in [3.63, 3.8) is 0 Å². The molecule has 4 nitrogen and oxygen atoms in total. The number of nitrogens with one attached hydrogen (secondary N) is 2. The van der Waals surface area contributed by atoms with E-state index >= 15 is 0 Å². The number of nitriles is 1. The van der Waals surface area contributed by atoms with E-state index in [9.17, 15) is 10.1 Å². The number of carbonyl (C=O) groups excluding carboxylic acids is 1. The summed E-state index contributed by atoms with van der Waals surface area (Å²) in [5.41, 5.74) is 2.72. The highest BCUT2D eigenvalue weighted by molar-refractivity contribution is 7.16. The molecule has 0 fully saturated rings. The lowest BCUT2D eigenvalue weighted by Gasteiger charge is -2.15. The Morgan fingerprint density at radius 3 is 2.96 bits per heavy atom. The maximum atomic E-state index is 12.2. The van der Waals surface area contributed by atoms with Crippen LogP contribution in [0.15, 0.2) is 24.3 Å². The minimum atomic E-state index is -0.148. The zero-order chi connectivity index (χ0) is 17.1. The molecule has 24 heavy (non-hydrogen) atoms. The van der Waals surface area contributed by atoms with Crippen LogP contribution in [0.3, 0.4) is 0 Å². The molecule has 2 N–H and O–H groups in total. The third kappa shape index (κ3) is 3.46. The Hall–Kier alpha value is -1.87. The molecule has 0 unspecified atom stereocenters. The lowest BCUT2D eigenvalue weighted by Crippen LogP contribution is -2.30. The van der Waals surface area contributed by atoms with Crippen LogP contribution in [0.25, 0.3) is 0 Å². The average Bonchev–Trinajstić information content (AvgIpc) is 3.13. The monoisotopic (exact) mass is 359 g/mol. The molecule has 0 aliphatic heterocycles. The van der Waals surface area contributed by atoms with Gasteiger partial charge in [-0.25, -0.2) is 0 Å². The van der Waals surface area contributed by atoms with E-state index in [4.69, 9.17) is 11.6 Å². The zero-order valence-electron chi connectivity index (χ0n) is 13.4. The number of nitrogens with zero attached hydrogens (tertiary/aromatic N) is 1. The Kier molecular flexibility index (Phi) is 5.20. The standard InChI is InChI=1S/C18H18ClN3OS/c1-11(12-5-2-3-7-15(12)19)21-10-17(23)22-18-14(9-20)13-6-4-8-16(13)24-18/h2-3,5,7,11,21H,4,6,8,10H2,1H3,(H,22,23)/t11-/m0/s1. The molecule has 124 valence electrons. The number of hydrogen-bond donors (Lipinski definition) is 2. The van der Waals surface area contributed by atoms with Crippen LogP contribution in [-0.4, -0.2) is 12.5 Å². The topological polar surface area (TPSA) is 64.9 Å². The number of amides is 1. The molecule has 0 saturated carbocycles. The lowest BCUT2D eigenvalue weighted by molar-refractivity contribution is -0.115. The fourth-order valence-corrected chi connectivity index (χ4v) is 4.52. The third-order valence-electron chi connectivity index (χ3n) is 4.23. The van der Waals surface area contributed by atoms with Crippen molar-refractivity contribution < 1.29 is 4.79 Å². The van der Waals surface area contributed by atoms with Crippen molar-refractivity contribution in [2.24, 2.45) is 0 Å². The average molecular weight is 360 g/mol. The summed E-state index contributed by atoms with van der Waals surface area (Å²) in [6.07, 6.45) is 3.04. The van der Waals surface area contributed by atoms with Gasteiger partial charge >= 0.3 is 0 Å². The number of anilines is 1. The van der Waals surface area contributed by atoms with Crippen LogP contribution in [0.1, 0.15) is 41.0 Å². The molecule has 1 aromatic heterocycles. The molecule has 1 aliphatic rings. The Morgan fingerprint density at radius 1 is 1.42 bits per heavy atom. The minimum absolute atomic E-state index is 0.0340. The molecule has 1 aliphatic carbocycles. The van der Waals surface area contributed by atoms with E-state index in [1.54, 1.807) is 0 Å². The normalized spacial score (nSPS) is 14.0. The molecule has 0 radical (unpaired) electrons. The van der Waals surface area contributed by atoms with E-state index < -0.39 is 0 Å². The van der Waals surface area contributed by atoms with E-state index in [0.717, 1.165) is 30.4 Å². The summed E-state index contributed by atoms with van der Waals surface area (Å²) in [4.78, 5) is 13.5. The molecule has 3 rings (SSSR count). The van der Waals surface area contributed by atoms with E-state index in [1.165, 1.54) is 16.2 Å². The van der Waals surface area contributed by atoms with Gasteiger partial charge in [0.2, 0.25) is 5.91 Å². The Balaban J connectivity index is 1.61. The molecular formula is C18H18ClN3OS. The molecule has 0 spiro atoms. The molecule has 0 bridgehead atoms. The summed E-state index contributed by atoms with van der Waals surface area (Å²) in [6, 6.07) is 9.78. The van der Waals surface area contributed by atoms with Gasteiger partial charge in [0.05, 0.1) is 12.1 Å². The van der Waals surface area contributed by atoms with Gasteiger partial charge in [0.25, 0.3) is 0 Å². The number of aryl methyl sites for hydroxylation is 1. The van der Waals surface area contributed by atoms with Gasteiger partial charge in [-0.3, -0.25) is 4.79 Å². The highest BCUT2D eigenvalue weighted by Crippen LogP contribution is 2.38. The molecule has 6 heteroatoms. The minimum Gasteiger partial charge on any atom is -0.315 e. The van der Waals surface area contributed by atoms with Gasteiger partial charge in [0, 0.05) is 15.9 Å². The van der Waals surface area contributed by atoms with Crippen LogP contribution in [0.5, 0.6) is 0 Å². The maximum absolute atomic E-state index is 12.2. The lowest BCUT2D eigenvalue weighted by atomic mass is 10.1. The molecule has 2 aromatic rings. The first-order valence-electron chi connectivity index (χ1n) is 7.92. The van der Waals surface area contributed by atoms with Gasteiger partial charge in [-0.1, -0.05) is 29.8 Å². The molecule has 1 heterocycles. The van der Waals surface area contributed by atoms with Crippen LogP contribution >= 0.6 is 22.9 Å². The van der Waals surface area contributed by atoms with Gasteiger partial charge in [0.15, 0.2) is 0 Å². The largest absolute Gasteiger partial charge is 0.315 e. The third-order valence-corrected chi connectivity index (χ3v) is 5.78. The smallest absolute Gasteiger partial charge is 0.238 e. The summed E-state index contributed by atoms with van der Waals surface area (Å²) >= 11 is 7.70. The van der Waals surface area contributed by atoms with Crippen LogP contribution in [0.2, 0.25) is 5.02 Å². The van der Waals surface area contributed by atoms with Crippen molar-refractivity contribution in [3.05, 3.63) is 50.9 Å². The molecule has 1 amide bonds. The highest BCUT2D eigenvalue weighted by atomic mass is 35.5. The summed E-state index contributed by atoms with van der Waals surface area (Å²) in [5.74, 6) is -0.148. The van der Waals surface area contributed by atoms with Crippen molar-refractivity contribution >= 4 is 33.8 Å². The van der Waals surface area contributed by atoms with Gasteiger partial charge in [-0.15, -0.1) is 11.3 Å². The van der Waals surface area contributed by atoms with Crippen LogP contribution in [0.4, 0.5) is 5.00 Å². The second-order valence-corrected chi connectivity index (χ2v) is 7.36. The molecule has 1 aromatic carbocycles. The van der Waals surface area contributed by atoms with Crippen LogP contribution in [0, 0.1) is 11.3 Å². The first kappa shape index (κ1) is 17.0. The second kappa shape index (κ2) is 7.35. The van der Waals surface area contributed by atoms with Crippen LogP contribution in [-0.2, 0) is 17.6 Å². The van der Waals surface area contributed by atoms with E-state index in [0.29, 0.717) is 15.6 Å². The van der Waals surface area contributed by atoms with Crippen molar-refractivity contribution in [1.29, 1.82) is 5.26 Å². The summed E-state index contributed by atoms with van der Waals surface area (Å²) in [7, 11) is 0. The first-order chi connectivity index (χ1) is 11.6. The number of rotatable bonds is 5. The summed E-state index contributed by atoms with van der Waals surface area (Å²) in [6.45, 7) is 2.13. The molecular weight excluding hydrogens is 342 g/mol. The van der Waals surface area contributed by atoms with Crippen molar-refractivity contribution in [1.82, 2.24) is 5.32 Å². The van der Waals surface area contributed by atoms with Gasteiger partial charge in [-0.2, -0.15) is 5.26 Å². The summed E-state index contributed by atoms with van der Waals surface area (Å²) in [5, 5.41) is 16.8. The number of halogens is 1. The first-order valence-corrected chi connectivity index (χ1v) is 9.12. The quantitative estimate of drug-likeness (QED) is 0.846. The number of fused-ring (bicyclic) bond motifs is 1. The fraction of sp³-hybridized carbons (Fsp3) is 0.333. The predicted octanol–water partition coefficient (Wildman–Crippen LogP) is 4.05. The van der Waals surface area contributed by atoms with E-state index in [2.05, 4.69) is 16.7 Å². The SMILES string of the molecule is C[C@H](NCC(=O)Nc1sc2c(c1C#N)CCC2)c1ccccc1Cl.